The van der Waals surface area contributed by atoms with Gasteiger partial charge in [-0.05, 0) is 48.9 Å². The Morgan fingerprint density at radius 1 is 1.16 bits per heavy atom. The number of aryl methyl sites for hydroxylation is 1. The monoisotopic (exact) mass is 471 g/mol. The highest BCUT2D eigenvalue weighted by molar-refractivity contribution is 6.30. The summed E-state index contributed by atoms with van der Waals surface area (Å²) in [7, 11) is 2.05. The van der Waals surface area contributed by atoms with Crippen molar-refractivity contribution >= 4 is 35.0 Å². The highest BCUT2D eigenvalue weighted by Crippen LogP contribution is 2.27. The Morgan fingerprint density at radius 3 is 2.78 bits per heavy atom. The fourth-order valence-corrected chi connectivity index (χ4v) is 4.19. The fraction of sp³-hybridized carbons (Fsp3) is 0.261. The van der Waals surface area contributed by atoms with Crippen LogP contribution in [0.5, 0.6) is 5.75 Å². The van der Waals surface area contributed by atoms with Crippen LogP contribution >= 0.6 is 24.0 Å². The molecule has 0 bridgehead atoms. The van der Waals surface area contributed by atoms with Gasteiger partial charge in [-0.1, -0.05) is 11.6 Å². The summed E-state index contributed by atoms with van der Waals surface area (Å²) >= 11 is 5.85. The summed E-state index contributed by atoms with van der Waals surface area (Å²) in [5, 5.41) is 5.18. The third kappa shape index (κ3) is 4.24. The van der Waals surface area contributed by atoms with E-state index in [1.54, 1.807) is 30.6 Å². The standard InChI is InChI=1S/C23H22ClN5O2.ClH/c1-28-20-7-10-25-9-6-18(20)19-4-5-21(27-23(19)28)29-11-8-17(12-22(29)30)31-14-16-3-2-15(24)13-26-16;/h2-5,8,11-13,25H,6-7,9-10,14H2,1H3;1H. The zero-order valence-corrected chi connectivity index (χ0v) is 19.1. The zero-order chi connectivity index (χ0) is 21.4. The van der Waals surface area contributed by atoms with Gasteiger partial charge in [0.15, 0.2) is 0 Å². The summed E-state index contributed by atoms with van der Waals surface area (Å²) in [4.78, 5) is 21.8. The Bertz CT molecular complexity index is 1310. The Balaban J connectivity index is 0.00000245. The summed E-state index contributed by atoms with van der Waals surface area (Å²) in [6.07, 6.45) is 5.23. The molecular weight excluding hydrogens is 449 g/mol. The number of halogens is 2. The molecule has 4 aromatic heterocycles. The van der Waals surface area contributed by atoms with E-state index >= 15 is 0 Å². The highest BCUT2D eigenvalue weighted by atomic mass is 35.5. The molecule has 0 aromatic carbocycles. The van der Waals surface area contributed by atoms with E-state index in [1.807, 2.05) is 13.1 Å². The first-order valence-electron chi connectivity index (χ1n) is 10.2. The molecule has 1 aliphatic rings. The van der Waals surface area contributed by atoms with Gasteiger partial charge in [0, 0.05) is 49.6 Å². The normalized spacial score (nSPS) is 13.3. The minimum atomic E-state index is -0.201. The van der Waals surface area contributed by atoms with Crippen LogP contribution in [0.25, 0.3) is 16.9 Å². The third-order valence-corrected chi connectivity index (χ3v) is 5.88. The van der Waals surface area contributed by atoms with Crippen LogP contribution in [0.4, 0.5) is 0 Å². The number of aromatic nitrogens is 4. The molecule has 0 saturated heterocycles. The summed E-state index contributed by atoms with van der Waals surface area (Å²) < 4.78 is 9.40. The van der Waals surface area contributed by atoms with Gasteiger partial charge < -0.3 is 14.6 Å². The number of hydrogen-bond acceptors (Lipinski definition) is 5. The summed E-state index contributed by atoms with van der Waals surface area (Å²) in [5.41, 5.74) is 4.11. The highest BCUT2D eigenvalue weighted by Gasteiger charge is 2.18. The molecule has 0 atom stereocenters. The van der Waals surface area contributed by atoms with Crippen molar-refractivity contribution in [3.8, 4) is 11.6 Å². The topological polar surface area (TPSA) is 74.0 Å². The molecule has 1 N–H and O–H groups in total. The summed E-state index contributed by atoms with van der Waals surface area (Å²) in [6.45, 7) is 2.20. The lowest BCUT2D eigenvalue weighted by Crippen LogP contribution is -2.18. The lowest BCUT2D eigenvalue weighted by Gasteiger charge is -2.09. The van der Waals surface area contributed by atoms with Gasteiger partial charge in [-0.3, -0.25) is 14.3 Å². The van der Waals surface area contributed by atoms with E-state index in [1.165, 1.54) is 21.9 Å². The van der Waals surface area contributed by atoms with Crippen LogP contribution in [-0.4, -0.2) is 32.2 Å². The molecule has 0 unspecified atom stereocenters. The fourth-order valence-electron chi connectivity index (χ4n) is 4.08. The molecule has 0 fully saturated rings. The average molecular weight is 472 g/mol. The molecule has 0 radical (unpaired) electrons. The minimum absolute atomic E-state index is 0. The number of rotatable bonds is 4. The smallest absolute Gasteiger partial charge is 0.259 e. The van der Waals surface area contributed by atoms with E-state index in [-0.39, 0.29) is 24.6 Å². The van der Waals surface area contributed by atoms with Crippen molar-refractivity contribution in [3.05, 3.63) is 81.1 Å². The van der Waals surface area contributed by atoms with Gasteiger partial charge in [-0.2, -0.15) is 0 Å². The lowest BCUT2D eigenvalue weighted by molar-refractivity contribution is 0.300. The molecule has 0 spiro atoms. The van der Waals surface area contributed by atoms with Gasteiger partial charge in [-0.25, -0.2) is 4.98 Å². The number of nitrogens with zero attached hydrogens (tertiary/aromatic N) is 4. The van der Waals surface area contributed by atoms with E-state index in [2.05, 4.69) is 20.9 Å². The van der Waals surface area contributed by atoms with Crippen molar-refractivity contribution in [1.82, 2.24) is 24.4 Å². The van der Waals surface area contributed by atoms with Crippen LogP contribution in [-0.2, 0) is 26.5 Å². The number of hydrogen-bond donors (Lipinski definition) is 1. The summed E-state index contributed by atoms with van der Waals surface area (Å²) in [6, 6.07) is 10.8. The zero-order valence-electron chi connectivity index (χ0n) is 17.5. The predicted molar refractivity (Wildman–Crippen MR) is 127 cm³/mol. The van der Waals surface area contributed by atoms with Gasteiger partial charge in [-0.15, -0.1) is 12.4 Å². The Hall–Kier alpha value is -2.87. The van der Waals surface area contributed by atoms with Crippen molar-refractivity contribution in [3.63, 3.8) is 0 Å². The number of pyridine rings is 3. The average Bonchev–Trinajstić information content (AvgIpc) is 2.93. The number of nitrogens with one attached hydrogen (secondary N) is 1. The molecular formula is C23H23Cl2N5O2. The number of ether oxygens (including phenoxy) is 1. The molecule has 0 amide bonds. The second kappa shape index (κ2) is 9.32. The van der Waals surface area contributed by atoms with Crippen LogP contribution in [0.1, 0.15) is 17.0 Å². The van der Waals surface area contributed by atoms with Gasteiger partial charge in [0.25, 0.3) is 5.56 Å². The lowest BCUT2D eigenvalue weighted by atomic mass is 10.1. The van der Waals surface area contributed by atoms with E-state index in [9.17, 15) is 4.79 Å². The molecule has 7 nitrogen and oxygen atoms in total. The second-order valence-corrected chi connectivity index (χ2v) is 8.04. The largest absolute Gasteiger partial charge is 0.487 e. The van der Waals surface area contributed by atoms with Crippen LogP contribution in [0.2, 0.25) is 5.02 Å². The molecule has 5 heterocycles. The summed E-state index contributed by atoms with van der Waals surface area (Å²) in [5.74, 6) is 1.08. The van der Waals surface area contributed by atoms with E-state index in [4.69, 9.17) is 21.3 Å². The maximum absolute atomic E-state index is 12.8. The van der Waals surface area contributed by atoms with Gasteiger partial charge in [0.2, 0.25) is 0 Å². The van der Waals surface area contributed by atoms with E-state index < -0.39 is 0 Å². The van der Waals surface area contributed by atoms with E-state index in [0.717, 1.165) is 42.7 Å². The van der Waals surface area contributed by atoms with Gasteiger partial charge >= 0.3 is 0 Å². The molecule has 32 heavy (non-hydrogen) atoms. The second-order valence-electron chi connectivity index (χ2n) is 7.60. The third-order valence-electron chi connectivity index (χ3n) is 5.66. The van der Waals surface area contributed by atoms with Crippen LogP contribution < -0.4 is 15.6 Å². The van der Waals surface area contributed by atoms with Crippen LogP contribution in [0, 0.1) is 0 Å². The number of fused-ring (bicyclic) bond motifs is 3. The van der Waals surface area contributed by atoms with Crippen molar-refractivity contribution in [2.75, 3.05) is 13.1 Å². The molecule has 5 rings (SSSR count). The van der Waals surface area contributed by atoms with Crippen molar-refractivity contribution in [1.29, 1.82) is 0 Å². The van der Waals surface area contributed by atoms with Crippen LogP contribution in [0.15, 0.2) is 53.6 Å². The van der Waals surface area contributed by atoms with Crippen LogP contribution in [0.3, 0.4) is 0 Å². The van der Waals surface area contributed by atoms with Crippen molar-refractivity contribution in [2.24, 2.45) is 7.05 Å². The van der Waals surface area contributed by atoms with Gasteiger partial charge in [0.1, 0.15) is 23.8 Å². The molecule has 166 valence electrons. The first-order valence-corrected chi connectivity index (χ1v) is 10.6. The quantitative estimate of drug-likeness (QED) is 0.493. The molecule has 4 aromatic rings. The predicted octanol–water partition coefficient (Wildman–Crippen LogP) is 3.46. The Kier molecular flexibility index (Phi) is 6.50. The maximum Gasteiger partial charge on any atom is 0.259 e. The first kappa shape index (κ1) is 22.3. The SMILES string of the molecule is Cl.Cn1c2c(c3ccc(-n4ccc(OCc5ccc(Cl)cn5)cc4=O)nc31)CCNCC2. The van der Waals surface area contributed by atoms with Gasteiger partial charge in [0.05, 0.1) is 10.7 Å². The molecule has 0 aliphatic carbocycles. The van der Waals surface area contributed by atoms with E-state index in [0.29, 0.717) is 16.6 Å². The van der Waals surface area contributed by atoms with Crippen molar-refractivity contribution in [2.45, 2.75) is 19.4 Å². The minimum Gasteiger partial charge on any atom is -0.487 e. The maximum atomic E-state index is 12.8. The first-order chi connectivity index (χ1) is 15.1. The molecule has 9 heteroatoms. The Morgan fingerprint density at radius 2 is 2.00 bits per heavy atom. The Labute approximate surface area is 196 Å². The molecule has 0 saturated carbocycles. The van der Waals surface area contributed by atoms with Crippen molar-refractivity contribution < 1.29 is 4.74 Å². The molecule has 1 aliphatic heterocycles.